The highest BCUT2D eigenvalue weighted by Gasteiger charge is 2.15. The first-order valence-electron chi connectivity index (χ1n) is 9.81. The summed E-state index contributed by atoms with van der Waals surface area (Å²) >= 11 is 0. The van der Waals surface area contributed by atoms with Crippen molar-refractivity contribution in [3.63, 3.8) is 0 Å². The molecular formula is C23H23N3O5S. The summed E-state index contributed by atoms with van der Waals surface area (Å²) in [4.78, 5) is 23.6. The Kier molecular flexibility index (Phi) is 7.11. The maximum absolute atomic E-state index is 12.6. The standard InChI is InChI=1S/C23H23N3O5S/c1-3-31-21-12-8-19(9-13-21)25-23(28)17-4-6-20(7-5-17)26-32(29,30)22-14-10-18(11-15-22)24-16(2)27/h4-15,26H,3H2,1-2H3,(H,24,27)(H,25,28). The Balaban J connectivity index is 1.64. The van der Waals surface area contributed by atoms with Crippen LogP contribution in [0.15, 0.2) is 77.7 Å². The van der Waals surface area contributed by atoms with E-state index in [1.54, 1.807) is 24.3 Å². The lowest BCUT2D eigenvalue weighted by Crippen LogP contribution is -2.14. The molecule has 3 aromatic rings. The minimum Gasteiger partial charge on any atom is -0.494 e. The molecule has 3 rings (SSSR count). The Morgan fingerprint density at radius 1 is 0.781 bits per heavy atom. The van der Waals surface area contributed by atoms with Gasteiger partial charge in [-0.1, -0.05) is 0 Å². The molecule has 166 valence electrons. The lowest BCUT2D eigenvalue weighted by molar-refractivity contribution is -0.114. The first-order valence-corrected chi connectivity index (χ1v) is 11.3. The average Bonchev–Trinajstić information content (AvgIpc) is 2.75. The number of ether oxygens (including phenoxy) is 1. The van der Waals surface area contributed by atoms with Crippen molar-refractivity contribution < 1.29 is 22.7 Å². The fraction of sp³-hybridized carbons (Fsp3) is 0.130. The number of rotatable bonds is 8. The van der Waals surface area contributed by atoms with Crippen LogP contribution in [0.4, 0.5) is 17.1 Å². The van der Waals surface area contributed by atoms with E-state index < -0.39 is 10.0 Å². The fourth-order valence-corrected chi connectivity index (χ4v) is 3.89. The lowest BCUT2D eigenvalue weighted by atomic mass is 10.2. The molecule has 0 radical (unpaired) electrons. The molecule has 0 bridgehead atoms. The second kappa shape index (κ2) is 9.97. The van der Waals surface area contributed by atoms with Crippen molar-refractivity contribution >= 4 is 38.9 Å². The first kappa shape index (κ1) is 22.8. The van der Waals surface area contributed by atoms with Crippen LogP contribution < -0.4 is 20.1 Å². The third-order valence-corrected chi connectivity index (χ3v) is 5.70. The smallest absolute Gasteiger partial charge is 0.261 e. The summed E-state index contributed by atoms with van der Waals surface area (Å²) in [6, 6.07) is 18.9. The fourth-order valence-electron chi connectivity index (χ4n) is 2.83. The molecule has 32 heavy (non-hydrogen) atoms. The van der Waals surface area contributed by atoms with E-state index in [0.717, 1.165) is 0 Å². The van der Waals surface area contributed by atoms with E-state index in [9.17, 15) is 18.0 Å². The molecular weight excluding hydrogens is 430 g/mol. The van der Waals surface area contributed by atoms with Crippen molar-refractivity contribution in [2.24, 2.45) is 0 Å². The molecule has 3 N–H and O–H groups in total. The zero-order chi connectivity index (χ0) is 23.1. The normalized spacial score (nSPS) is 10.8. The van der Waals surface area contributed by atoms with E-state index in [1.165, 1.54) is 55.5 Å². The maximum atomic E-state index is 12.6. The molecule has 0 saturated heterocycles. The number of hydrogen-bond acceptors (Lipinski definition) is 5. The SMILES string of the molecule is CCOc1ccc(NC(=O)c2ccc(NS(=O)(=O)c3ccc(NC(C)=O)cc3)cc2)cc1. The number of amides is 2. The monoisotopic (exact) mass is 453 g/mol. The maximum Gasteiger partial charge on any atom is 0.261 e. The van der Waals surface area contributed by atoms with Gasteiger partial charge in [-0.3, -0.25) is 14.3 Å². The quantitative estimate of drug-likeness (QED) is 0.475. The summed E-state index contributed by atoms with van der Waals surface area (Å²) in [6.45, 7) is 3.82. The number of anilines is 3. The predicted octanol–water partition coefficient (Wildman–Crippen LogP) is 4.10. The van der Waals surface area contributed by atoms with Gasteiger partial charge in [0.25, 0.3) is 15.9 Å². The van der Waals surface area contributed by atoms with Gasteiger partial charge in [0.05, 0.1) is 11.5 Å². The molecule has 8 nitrogen and oxygen atoms in total. The Bertz CT molecular complexity index is 1190. The Morgan fingerprint density at radius 3 is 1.88 bits per heavy atom. The van der Waals surface area contributed by atoms with Crippen LogP contribution in [-0.2, 0) is 14.8 Å². The van der Waals surface area contributed by atoms with Gasteiger partial charge < -0.3 is 15.4 Å². The minimum atomic E-state index is -3.82. The van der Waals surface area contributed by atoms with Gasteiger partial charge in [0.2, 0.25) is 5.91 Å². The predicted molar refractivity (Wildman–Crippen MR) is 124 cm³/mol. The highest BCUT2D eigenvalue weighted by Crippen LogP contribution is 2.20. The number of sulfonamides is 1. The average molecular weight is 454 g/mol. The van der Waals surface area contributed by atoms with Gasteiger partial charge >= 0.3 is 0 Å². The molecule has 0 spiro atoms. The number of carbonyl (C=O) groups excluding carboxylic acids is 2. The Hall–Kier alpha value is -3.85. The van der Waals surface area contributed by atoms with Crippen LogP contribution in [0.3, 0.4) is 0 Å². The molecule has 0 atom stereocenters. The van der Waals surface area contributed by atoms with E-state index in [-0.39, 0.29) is 16.7 Å². The van der Waals surface area contributed by atoms with Crippen LogP contribution in [0.2, 0.25) is 0 Å². The molecule has 0 heterocycles. The van der Waals surface area contributed by atoms with Gasteiger partial charge in [-0.05, 0) is 79.7 Å². The van der Waals surface area contributed by atoms with E-state index in [0.29, 0.717) is 35.0 Å². The third-order valence-electron chi connectivity index (χ3n) is 4.31. The Morgan fingerprint density at radius 2 is 1.31 bits per heavy atom. The lowest BCUT2D eigenvalue weighted by Gasteiger charge is -2.10. The van der Waals surface area contributed by atoms with Gasteiger partial charge in [-0.2, -0.15) is 0 Å². The largest absolute Gasteiger partial charge is 0.494 e. The number of benzene rings is 3. The van der Waals surface area contributed by atoms with Crippen LogP contribution >= 0.6 is 0 Å². The van der Waals surface area contributed by atoms with Gasteiger partial charge in [0.1, 0.15) is 5.75 Å². The van der Waals surface area contributed by atoms with Crippen molar-refractivity contribution in [1.82, 2.24) is 0 Å². The van der Waals surface area contributed by atoms with E-state index in [2.05, 4.69) is 15.4 Å². The molecule has 0 aromatic heterocycles. The second-order valence-corrected chi connectivity index (χ2v) is 8.48. The summed E-state index contributed by atoms with van der Waals surface area (Å²) in [5.41, 5.74) is 1.81. The summed E-state index contributed by atoms with van der Waals surface area (Å²) in [7, 11) is -3.82. The van der Waals surface area contributed by atoms with Gasteiger partial charge in [0, 0.05) is 29.5 Å². The van der Waals surface area contributed by atoms with Crippen LogP contribution in [0.25, 0.3) is 0 Å². The summed E-state index contributed by atoms with van der Waals surface area (Å²) in [5, 5.41) is 5.35. The second-order valence-electron chi connectivity index (χ2n) is 6.80. The van der Waals surface area contributed by atoms with Crippen LogP contribution in [0.1, 0.15) is 24.2 Å². The topological polar surface area (TPSA) is 114 Å². The van der Waals surface area contributed by atoms with Crippen molar-refractivity contribution in [2.75, 3.05) is 22.0 Å². The van der Waals surface area contributed by atoms with Crippen molar-refractivity contribution in [3.8, 4) is 5.75 Å². The summed E-state index contributed by atoms with van der Waals surface area (Å²) < 4.78 is 33.0. The molecule has 2 amide bonds. The Labute approximate surface area is 186 Å². The van der Waals surface area contributed by atoms with E-state index >= 15 is 0 Å². The van der Waals surface area contributed by atoms with E-state index in [1.807, 2.05) is 6.92 Å². The minimum absolute atomic E-state index is 0.0453. The highest BCUT2D eigenvalue weighted by molar-refractivity contribution is 7.92. The van der Waals surface area contributed by atoms with Crippen molar-refractivity contribution in [1.29, 1.82) is 0 Å². The molecule has 3 aromatic carbocycles. The molecule has 0 saturated carbocycles. The van der Waals surface area contributed by atoms with Crippen molar-refractivity contribution in [3.05, 3.63) is 78.4 Å². The molecule has 0 unspecified atom stereocenters. The molecule has 0 aliphatic heterocycles. The highest BCUT2D eigenvalue weighted by atomic mass is 32.2. The van der Waals surface area contributed by atoms with Crippen LogP contribution in [-0.4, -0.2) is 26.8 Å². The molecule has 0 aliphatic carbocycles. The molecule has 9 heteroatoms. The van der Waals surface area contributed by atoms with Gasteiger partial charge in [0.15, 0.2) is 0 Å². The zero-order valence-corrected chi connectivity index (χ0v) is 18.4. The molecule has 0 fully saturated rings. The van der Waals surface area contributed by atoms with Crippen LogP contribution in [0, 0.1) is 0 Å². The summed E-state index contributed by atoms with van der Waals surface area (Å²) in [5.74, 6) is 0.148. The first-order chi connectivity index (χ1) is 15.3. The number of carbonyl (C=O) groups is 2. The zero-order valence-electron chi connectivity index (χ0n) is 17.6. The van der Waals surface area contributed by atoms with E-state index in [4.69, 9.17) is 4.74 Å². The van der Waals surface area contributed by atoms with Gasteiger partial charge in [-0.15, -0.1) is 0 Å². The number of nitrogens with one attached hydrogen (secondary N) is 3. The third kappa shape index (κ3) is 6.08. The van der Waals surface area contributed by atoms with Gasteiger partial charge in [-0.25, -0.2) is 8.42 Å². The molecule has 0 aliphatic rings. The summed E-state index contributed by atoms with van der Waals surface area (Å²) in [6.07, 6.45) is 0. The van der Waals surface area contributed by atoms with Crippen LogP contribution in [0.5, 0.6) is 5.75 Å². The van der Waals surface area contributed by atoms with Crippen molar-refractivity contribution in [2.45, 2.75) is 18.7 Å². The number of hydrogen-bond donors (Lipinski definition) is 3.